The number of nitrogen functional groups attached to an aromatic ring is 1. The number of nitrogens with one attached hydrogen (secondary N) is 2. The minimum absolute atomic E-state index is 0.0659. The van der Waals surface area contributed by atoms with Gasteiger partial charge in [0.05, 0.1) is 10.7 Å². The summed E-state index contributed by atoms with van der Waals surface area (Å²) < 4.78 is 0. The van der Waals surface area contributed by atoms with Crippen LogP contribution in [0.2, 0.25) is 5.02 Å². The average molecular weight is 341 g/mol. The molecule has 0 aromatic heterocycles. The van der Waals surface area contributed by atoms with Gasteiger partial charge in [-0.3, -0.25) is 4.79 Å². The topological polar surface area (TPSA) is 90.9 Å². The van der Waals surface area contributed by atoms with Gasteiger partial charge in [-0.25, -0.2) is 0 Å². The Balaban J connectivity index is 2.17. The van der Waals surface area contributed by atoms with Crippen LogP contribution in [0.3, 0.4) is 0 Å². The molecule has 122 valence electrons. The number of amides is 1. The van der Waals surface area contributed by atoms with Crippen LogP contribution < -0.4 is 16.4 Å². The zero-order valence-electron chi connectivity index (χ0n) is 13.4. The molecule has 0 bridgehead atoms. The molecule has 2 aromatic rings. The van der Waals surface area contributed by atoms with Crippen LogP contribution in [0.1, 0.15) is 11.1 Å². The summed E-state index contributed by atoms with van der Waals surface area (Å²) in [5.74, 6) is -0.554. The first-order valence-corrected chi connectivity index (χ1v) is 7.59. The smallest absolute Gasteiger partial charge is 0.267 e. The summed E-state index contributed by atoms with van der Waals surface area (Å²) in [7, 11) is 0. The number of aryl methyl sites for hydroxylation is 1. The van der Waals surface area contributed by atoms with Crippen LogP contribution in [0.4, 0.5) is 17.1 Å². The molecule has 5 nitrogen and oxygen atoms in total. The van der Waals surface area contributed by atoms with Gasteiger partial charge in [0.1, 0.15) is 11.6 Å². The number of hydrogen-bond donors (Lipinski definition) is 3. The van der Waals surface area contributed by atoms with Crippen LogP contribution in [0.25, 0.3) is 0 Å². The lowest BCUT2D eigenvalue weighted by Crippen LogP contribution is -2.15. The average Bonchev–Trinajstić information content (AvgIpc) is 2.54. The number of nitrogens with two attached hydrogens (primary N) is 1. The third-order valence-electron chi connectivity index (χ3n) is 3.58. The Bertz CT molecular complexity index is 853. The molecule has 0 aliphatic rings. The fourth-order valence-corrected chi connectivity index (χ4v) is 2.26. The maximum atomic E-state index is 12.2. The highest BCUT2D eigenvalue weighted by atomic mass is 35.5. The molecule has 0 spiro atoms. The van der Waals surface area contributed by atoms with Crippen molar-refractivity contribution in [2.24, 2.45) is 0 Å². The largest absolute Gasteiger partial charge is 0.399 e. The minimum Gasteiger partial charge on any atom is -0.399 e. The van der Waals surface area contributed by atoms with Crippen LogP contribution in [0.5, 0.6) is 0 Å². The number of carbonyl (C=O) groups is 1. The molecule has 0 unspecified atom stereocenters. The van der Waals surface area contributed by atoms with Crippen LogP contribution >= 0.6 is 11.6 Å². The van der Waals surface area contributed by atoms with E-state index in [-0.39, 0.29) is 5.57 Å². The first-order chi connectivity index (χ1) is 11.4. The van der Waals surface area contributed by atoms with Crippen molar-refractivity contribution in [3.63, 3.8) is 0 Å². The van der Waals surface area contributed by atoms with E-state index in [0.29, 0.717) is 16.4 Å². The van der Waals surface area contributed by atoms with Crippen LogP contribution in [0.15, 0.2) is 48.2 Å². The predicted molar refractivity (Wildman–Crippen MR) is 97.7 cm³/mol. The van der Waals surface area contributed by atoms with Crippen LogP contribution in [-0.4, -0.2) is 5.91 Å². The zero-order chi connectivity index (χ0) is 17.7. The van der Waals surface area contributed by atoms with Gasteiger partial charge in [0, 0.05) is 17.6 Å². The SMILES string of the molecule is Cc1cccc(N/C=C(/C#N)C(=O)Nc2ccc(N)cc2Cl)c1C. The van der Waals surface area contributed by atoms with Gasteiger partial charge in [0.25, 0.3) is 5.91 Å². The third kappa shape index (κ3) is 4.06. The van der Waals surface area contributed by atoms with Gasteiger partial charge in [-0.15, -0.1) is 0 Å². The van der Waals surface area contributed by atoms with Gasteiger partial charge in [0.15, 0.2) is 0 Å². The normalized spacial score (nSPS) is 10.8. The van der Waals surface area contributed by atoms with Crippen molar-refractivity contribution < 1.29 is 4.79 Å². The molecule has 0 saturated carbocycles. The van der Waals surface area contributed by atoms with Gasteiger partial charge in [-0.2, -0.15) is 5.26 Å². The molecule has 0 heterocycles. The summed E-state index contributed by atoms with van der Waals surface area (Å²) >= 11 is 6.02. The highest BCUT2D eigenvalue weighted by Gasteiger charge is 2.11. The summed E-state index contributed by atoms with van der Waals surface area (Å²) in [5.41, 5.74) is 9.43. The predicted octanol–water partition coefficient (Wildman–Crippen LogP) is 4.00. The lowest BCUT2D eigenvalue weighted by Gasteiger charge is -2.09. The Labute approximate surface area is 145 Å². The maximum absolute atomic E-state index is 12.2. The maximum Gasteiger partial charge on any atom is 0.267 e. The second-order valence-corrected chi connectivity index (χ2v) is 5.66. The lowest BCUT2D eigenvalue weighted by molar-refractivity contribution is -0.112. The Kier molecular flexibility index (Phi) is 5.46. The van der Waals surface area contributed by atoms with Gasteiger partial charge < -0.3 is 16.4 Å². The zero-order valence-corrected chi connectivity index (χ0v) is 14.1. The molecule has 6 heteroatoms. The van der Waals surface area contributed by atoms with Crippen molar-refractivity contribution in [1.29, 1.82) is 5.26 Å². The molecule has 0 aliphatic carbocycles. The number of rotatable bonds is 4. The Morgan fingerprint density at radius 1 is 1.25 bits per heavy atom. The number of halogens is 1. The summed E-state index contributed by atoms with van der Waals surface area (Å²) in [5, 5.41) is 15.1. The van der Waals surface area contributed by atoms with E-state index in [1.807, 2.05) is 38.1 Å². The van der Waals surface area contributed by atoms with Crippen molar-refractivity contribution in [1.82, 2.24) is 0 Å². The van der Waals surface area contributed by atoms with Gasteiger partial charge >= 0.3 is 0 Å². The molecule has 0 atom stereocenters. The van der Waals surface area contributed by atoms with Crippen molar-refractivity contribution >= 4 is 34.6 Å². The quantitative estimate of drug-likeness (QED) is 0.445. The first kappa shape index (κ1) is 17.4. The Morgan fingerprint density at radius 2 is 2.00 bits per heavy atom. The molecule has 0 fully saturated rings. The number of nitrogens with zero attached hydrogens (tertiary/aromatic N) is 1. The molecule has 0 saturated heterocycles. The van der Waals surface area contributed by atoms with Crippen LogP contribution in [-0.2, 0) is 4.79 Å². The summed E-state index contributed by atoms with van der Waals surface area (Å²) in [6.07, 6.45) is 1.38. The number of nitriles is 1. The molecule has 24 heavy (non-hydrogen) atoms. The number of benzene rings is 2. The third-order valence-corrected chi connectivity index (χ3v) is 3.90. The fraction of sp³-hybridized carbons (Fsp3) is 0.111. The van der Waals surface area contributed by atoms with E-state index in [1.165, 1.54) is 12.3 Å². The van der Waals surface area contributed by atoms with E-state index in [1.54, 1.807) is 12.1 Å². The second kappa shape index (κ2) is 7.53. The summed E-state index contributed by atoms with van der Waals surface area (Å²) in [6.45, 7) is 3.96. The molecule has 0 aliphatic heterocycles. The first-order valence-electron chi connectivity index (χ1n) is 7.21. The standard InChI is InChI=1S/C18H17ClN4O/c1-11-4-3-5-16(12(11)2)22-10-13(9-20)18(24)23-17-7-6-14(21)8-15(17)19/h3-8,10,22H,21H2,1-2H3,(H,23,24)/b13-10-. The second-order valence-electron chi connectivity index (χ2n) is 5.26. The summed E-state index contributed by atoms with van der Waals surface area (Å²) in [4.78, 5) is 12.2. The van der Waals surface area contributed by atoms with Crippen molar-refractivity contribution in [2.45, 2.75) is 13.8 Å². The molecule has 4 N–H and O–H groups in total. The number of carbonyl (C=O) groups excluding carboxylic acids is 1. The fourth-order valence-electron chi connectivity index (χ4n) is 2.03. The van der Waals surface area contributed by atoms with E-state index < -0.39 is 5.91 Å². The van der Waals surface area contributed by atoms with Gasteiger partial charge in [0.2, 0.25) is 0 Å². The van der Waals surface area contributed by atoms with E-state index in [4.69, 9.17) is 17.3 Å². The Morgan fingerprint density at radius 3 is 2.67 bits per heavy atom. The molecule has 2 rings (SSSR count). The van der Waals surface area contributed by atoms with Gasteiger partial charge in [-0.05, 0) is 49.2 Å². The van der Waals surface area contributed by atoms with E-state index in [9.17, 15) is 10.1 Å². The van der Waals surface area contributed by atoms with E-state index in [0.717, 1.165) is 16.8 Å². The molecule has 0 radical (unpaired) electrons. The molecule has 2 aromatic carbocycles. The summed E-state index contributed by atoms with van der Waals surface area (Å²) in [6, 6.07) is 12.4. The highest BCUT2D eigenvalue weighted by Crippen LogP contribution is 2.24. The molecule has 1 amide bonds. The van der Waals surface area contributed by atoms with E-state index in [2.05, 4.69) is 10.6 Å². The molecular formula is C18H17ClN4O. The lowest BCUT2D eigenvalue weighted by atomic mass is 10.1. The van der Waals surface area contributed by atoms with Crippen molar-refractivity contribution in [3.05, 3.63) is 64.3 Å². The van der Waals surface area contributed by atoms with Crippen molar-refractivity contribution in [3.8, 4) is 6.07 Å². The van der Waals surface area contributed by atoms with E-state index >= 15 is 0 Å². The monoisotopic (exact) mass is 340 g/mol. The highest BCUT2D eigenvalue weighted by molar-refractivity contribution is 6.34. The Hall–Kier alpha value is -2.97. The molecular weight excluding hydrogens is 324 g/mol. The van der Waals surface area contributed by atoms with Gasteiger partial charge in [-0.1, -0.05) is 23.7 Å². The van der Waals surface area contributed by atoms with Crippen LogP contribution in [0, 0.1) is 25.2 Å². The minimum atomic E-state index is -0.554. The van der Waals surface area contributed by atoms with Crippen molar-refractivity contribution in [2.75, 3.05) is 16.4 Å². The number of anilines is 3. The number of hydrogen-bond acceptors (Lipinski definition) is 4.